The Bertz CT molecular complexity index is 924. The minimum Gasteiger partial charge on any atom is -0.356 e. The molecule has 2 aromatic carbocycles. The van der Waals surface area contributed by atoms with Gasteiger partial charge < -0.3 is 4.52 Å². The molecule has 0 saturated carbocycles. The number of nitrogens with zero attached hydrogens (tertiary/aromatic N) is 2. The molecule has 3 rings (SSSR count). The number of rotatable bonds is 4. The van der Waals surface area contributed by atoms with Gasteiger partial charge in [0.2, 0.25) is 0 Å². The summed E-state index contributed by atoms with van der Waals surface area (Å²) in [7, 11) is -2.18. The van der Waals surface area contributed by atoms with Gasteiger partial charge in [0, 0.05) is 22.2 Å². The van der Waals surface area contributed by atoms with E-state index in [1.165, 1.54) is 10.5 Å². The maximum absolute atomic E-state index is 13.1. The highest BCUT2D eigenvalue weighted by molar-refractivity contribution is 14.1. The third kappa shape index (κ3) is 2.98. The van der Waals surface area contributed by atoms with Crippen LogP contribution in [0.2, 0.25) is 0 Å². The third-order valence-corrected chi connectivity index (χ3v) is 6.16. The Hall–Kier alpha value is -1.87. The molecule has 1 aromatic heterocycles. The van der Waals surface area contributed by atoms with Crippen LogP contribution in [0.5, 0.6) is 0 Å². The summed E-state index contributed by atoms with van der Waals surface area (Å²) in [4.78, 5) is 0.180. The SMILES string of the molecule is CN(c1ccccc1I)S(=O)(=O)c1ccccc1-c1ccno1. The second-order valence-electron chi connectivity index (χ2n) is 4.80. The summed E-state index contributed by atoms with van der Waals surface area (Å²) in [6, 6.07) is 15.7. The number of para-hydroxylation sites is 1. The molecule has 7 heteroatoms. The topological polar surface area (TPSA) is 63.4 Å². The van der Waals surface area contributed by atoms with Crippen LogP contribution in [-0.2, 0) is 10.0 Å². The summed E-state index contributed by atoms with van der Waals surface area (Å²) in [5.41, 5.74) is 1.11. The average Bonchev–Trinajstić information content (AvgIpc) is 3.09. The molecule has 118 valence electrons. The van der Waals surface area contributed by atoms with Gasteiger partial charge in [0.15, 0.2) is 5.76 Å². The summed E-state index contributed by atoms with van der Waals surface area (Å²) in [5, 5.41) is 3.65. The van der Waals surface area contributed by atoms with Gasteiger partial charge in [-0.25, -0.2) is 8.42 Å². The van der Waals surface area contributed by atoms with Crippen molar-refractivity contribution in [3.05, 3.63) is 64.4 Å². The van der Waals surface area contributed by atoms with Crippen LogP contribution >= 0.6 is 22.6 Å². The molecule has 0 aliphatic heterocycles. The second-order valence-corrected chi connectivity index (χ2v) is 7.90. The predicted octanol–water partition coefficient (Wildman–Crippen LogP) is 3.77. The van der Waals surface area contributed by atoms with Crippen molar-refractivity contribution < 1.29 is 12.9 Å². The second kappa shape index (κ2) is 6.32. The van der Waals surface area contributed by atoms with Gasteiger partial charge in [-0.1, -0.05) is 29.4 Å². The fraction of sp³-hybridized carbons (Fsp3) is 0.0625. The molecule has 0 N–H and O–H groups in total. The van der Waals surface area contributed by atoms with Gasteiger partial charge in [-0.15, -0.1) is 0 Å². The first-order valence-electron chi connectivity index (χ1n) is 6.75. The van der Waals surface area contributed by atoms with E-state index in [0.717, 1.165) is 3.57 Å². The van der Waals surface area contributed by atoms with Crippen LogP contribution in [0, 0.1) is 3.57 Å². The minimum atomic E-state index is -3.73. The monoisotopic (exact) mass is 440 g/mol. The van der Waals surface area contributed by atoms with Crippen molar-refractivity contribution in [3.8, 4) is 11.3 Å². The summed E-state index contributed by atoms with van der Waals surface area (Å²) >= 11 is 2.12. The number of anilines is 1. The average molecular weight is 440 g/mol. The fourth-order valence-electron chi connectivity index (χ4n) is 2.23. The quantitative estimate of drug-likeness (QED) is 0.580. The number of halogens is 1. The van der Waals surface area contributed by atoms with Crippen molar-refractivity contribution in [1.29, 1.82) is 0 Å². The molecule has 0 fully saturated rings. The number of hydrogen-bond donors (Lipinski definition) is 0. The van der Waals surface area contributed by atoms with Crippen LogP contribution < -0.4 is 4.31 Å². The normalized spacial score (nSPS) is 11.4. The van der Waals surface area contributed by atoms with Gasteiger partial charge in [-0.2, -0.15) is 0 Å². The molecule has 0 radical (unpaired) electrons. The highest BCUT2D eigenvalue weighted by atomic mass is 127. The van der Waals surface area contributed by atoms with E-state index in [1.807, 2.05) is 18.2 Å². The van der Waals surface area contributed by atoms with Crippen LogP contribution in [-0.4, -0.2) is 20.6 Å². The van der Waals surface area contributed by atoms with Crippen LogP contribution in [0.25, 0.3) is 11.3 Å². The number of aromatic nitrogens is 1. The van der Waals surface area contributed by atoms with Crippen LogP contribution in [0.15, 0.2) is 70.2 Å². The Kier molecular flexibility index (Phi) is 4.40. The van der Waals surface area contributed by atoms with E-state index >= 15 is 0 Å². The molecule has 0 amide bonds. The lowest BCUT2D eigenvalue weighted by molar-refractivity contribution is 0.431. The van der Waals surface area contributed by atoms with Crippen LogP contribution in [0.4, 0.5) is 5.69 Å². The van der Waals surface area contributed by atoms with E-state index < -0.39 is 10.0 Å². The zero-order valence-electron chi connectivity index (χ0n) is 12.2. The third-order valence-electron chi connectivity index (χ3n) is 3.42. The molecule has 0 bridgehead atoms. The number of hydrogen-bond acceptors (Lipinski definition) is 4. The highest BCUT2D eigenvalue weighted by Crippen LogP contribution is 2.32. The van der Waals surface area contributed by atoms with Crippen molar-refractivity contribution in [3.63, 3.8) is 0 Å². The Labute approximate surface area is 148 Å². The molecule has 23 heavy (non-hydrogen) atoms. The number of sulfonamides is 1. The van der Waals surface area contributed by atoms with E-state index in [2.05, 4.69) is 27.7 Å². The smallest absolute Gasteiger partial charge is 0.264 e. The van der Waals surface area contributed by atoms with Crippen molar-refractivity contribution in [2.24, 2.45) is 0 Å². The van der Waals surface area contributed by atoms with Crippen molar-refractivity contribution >= 4 is 38.3 Å². The first-order chi connectivity index (χ1) is 11.0. The first kappa shape index (κ1) is 16.0. The molecule has 3 aromatic rings. The molecule has 5 nitrogen and oxygen atoms in total. The maximum Gasteiger partial charge on any atom is 0.264 e. The predicted molar refractivity (Wildman–Crippen MR) is 96.7 cm³/mol. The molecule has 0 spiro atoms. The lowest BCUT2D eigenvalue weighted by Crippen LogP contribution is -2.27. The highest BCUT2D eigenvalue weighted by Gasteiger charge is 2.26. The first-order valence-corrected chi connectivity index (χ1v) is 9.27. The Morgan fingerprint density at radius 1 is 1.04 bits per heavy atom. The molecule has 0 saturated heterocycles. The van der Waals surface area contributed by atoms with E-state index in [4.69, 9.17) is 4.52 Å². The van der Waals surface area contributed by atoms with Crippen molar-refractivity contribution in [2.75, 3.05) is 11.4 Å². The van der Waals surface area contributed by atoms with Crippen LogP contribution in [0.3, 0.4) is 0 Å². The molecular formula is C16H13IN2O3S. The molecule has 0 atom stereocenters. The summed E-state index contributed by atoms with van der Waals surface area (Å²) in [6.07, 6.45) is 1.49. The standard InChI is InChI=1S/C16H13IN2O3S/c1-19(14-8-4-3-7-13(14)17)23(20,21)16-9-5-2-6-12(16)15-10-11-18-22-15/h2-11H,1H3. The Balaban J connectivity index is 2.13. The van der Waals surface area contributed by atoms with E-state index in [9.17, 15) is 8.42 Å². The minimum absolute atomic E-state index is 0.180. The lowest BCUT2D eigenvalue weighted by atomic mass is 10.2. The Morgan fingerprint density at radius 2 is 1.74 bits per heavy atom. The fourth-order valence-corrected chi connectivity index (χ4v) is 4.56. The van der Waals surface area contributed by atoms with E-state index in [1.54, 1.807) is 43.4 Å². The van der Waals surface area contributed by atoms with E-state index in [0.29, 0.717) is 17.0 Å². The van der Waals surface area contributed by atoms with Gasteiger partial charge in [0.05, 0.1) is 16.8 Å². The summed E-state index contributed by atoms with van der Waals surface area (Å²) < 4.78 is 33.4. The van der Waals surface area contributed by atoms with Gasteiger partial charge in [0.1, 0.15) is 0 Å². The molecule has 0 aliphatic rings. The summed E-state index contributed by atoms with van der Waals surface area (Å²) in [5.74, 6) is 0.417. The summed E-state index contributed by atoms with van der Waals surface area (Å²) in [6.45, 7) is 0. The Morgan fingerprint density at radius 3 is 2.43 bits per heavy atom. The largest absolute Gasteiger partial charge is 0.356 e. The van der Waals surface area contributed by atoms with Crippen molar-refractivity contribution in [2.45, 2.75) is 4.90 Å². The van der Waals surface area contributed by atoms with Gasteiger partial charge in [-0.05, 0) is 46.9 Å². The van der Waals surface area contributed by atoms with Crippen LogP contribution in [0.1, 0.15) is 0 Å². The lowest BCUT2D eigenvalue weighted by Gasteiger charge is -2.21. The van der Waals surface area contributed by atoms with Gasteiger partial charge in [0.25, 0.3) is 10.0 Å². The zero-order chi connectivity index (χ0) is 16.4. The number of benzene rings is 2. The molecular weight excluding hydrogens is 427 g/mol. The zero-order valence-corrected chi connectivity index (χ0v) is 15.2. The van der Waals surface area contributed by atoms with Crippen molar-refractivity contribution in [1.82, 2.24) is 5.16 Å². The molecule has 0 aliphatic carbocycles. The van der Waals surface area contributed by atoms with Gasteiger partial charge in [-0.3, -0.25) is 4.31 Å². The molecule has 0 unspecified atom stereocenters. The molecule has 1 heterocycles. The maximum atomic E-state index is 13.1. The van der Waals surface area contributed by atoms with E-state index in [-0.39, 0.29) is 4.90 Å². The van der Waals surface area contributed by atoms with Gasteiger partial charge >= 0.3 is 0 Å².